The number of amides is 1. The van der Waals surface area contributed by atoms with Crippen molar-refractivity contribution in [3.8, 4) is 0 Å². The van der Waals surface area contributed by atoms with Crippen LogP contribution in [-0.2, 0) is 4.79 Å². The fourth-order valence-corrected chi connectivity index (χ4v) is 5.52. The normalized spacial score (nSPS) is 17.3. The van der Waals surface area contributed by atoms with Gasteiger partial charge in [0.05, 0.1) is 22.8 Å². The van der Waals surface area contributed by atoms with Gasteiger partial charge in [-0.05, 0) is 54.5 Å². The second-order valence-electron chi connectivity index (χ2n) is 8.82. The van der Waals surface area contributed by atoms with Crippen molar-refractivity contribution in [3.63, 3.8) is 0 Å². The third kappa shape index (κ3) is 4.28. The summed E-state index contributed by atoms with van der Waals surface area (Å²) in [5.74, 6) is 0.792. The largest absolute Gasteiger partial charge is 0.324 e. The summed E-state index contributed by atoms with van der Waals surface area (Å²) in [7, 11) is 0. The van der Waals surface area contributed by atoms with E-state index < -0.39 is 0 Å². The monoisotopic (exact) mass is 421 g/mol. The van der Waals surface area contributed by atoms with Crippen molar-refractivity contribution in [3.05, 3.63) is 58.6 Å². The van der Waals surface area contributed by atoms with E-state index in [1.165, 1.54) is 15.8 Å². The van der Waals surface area contributed by atoms with E-state index in [2.05, 4.69) is 74.3 Å². The summed E-state index contributed by atoms with van der Waals surface area (Å²) < 4.78 is 1.22. The molecule has 4 rings (SSSR count). The van der Waals surface area contributed by atoms with E-state index in [0.29, 0.717) is 18.4 Å². The second-order valence-corrected chi connectivity index (χ2v) is 9.88. The number of thiazole rings is 1. The Hall–Kier alpha value is -2.24. The lowest BCUT2D eigenvalue weighted by atomic mass is 9.92. The van der Waals surface area contributed by atoms with E-state index >= 15 is 0 Å². The molecule has 30 heavy (non-hydrogen) atoms. The molecule has 2 aromatic carbocycles. The first-order chi connectivity index (χ1) is 14.4. The number of fused-ring (bicyclic) bond motifs is 1. The molecule has 0 bridgehead atoms. The lowest BCUT2D eigenvalue weighted by Crippen LogP contribution is -2.33. The summed E-state index contributed by atoms with van der Waals surface area (Å²) in [5.41, 5.74) is 4.47. The van der Waals surface area contributed by atoms with E-state index in [1.54, 1.807) is 11.3 Å². The number of benzene rings is 2. The first kappa shape index (κ1) is 21.0. The number of carbonyl (C=O) groups is 1. The van der Waals surface area contributed by atoms with Gasteiger partial charge in [-0.15, -0.1) is 11.3 Å². The van der Waals surface area contributed by atoms with Crippen molar-refractivity contribution in [2.24, 2.45) is 0 Å². The Bertz CT molecular complexity index is 981. The minimum Gasteiger partial charge on any atom is -0.324 e. The molecule has 3 aromatic rings. The van der Waals surface area contributed by atoms with Gasteiger partial charge in [-0.3, -0.25) is 9.69 Å². The fraction of sp³-hybridized carbons (Fsp3) is 0.440. The highest BCUT2D eigenvalue weighted by Crippen LogP contribution is 2.37. The third-order valence-electron chi connectivity index (χ3n) is 5.94. The van der Waals surface area contributed by atoms with Gasteiger partial charge in [0, 0.05) is 5.69 Å². The number of likely N-dealkylation sites (tertiary alicyclic amines) is 1. The van der Waals surface area contributed by atoms with Gasteiger partial charge in [0.2, 0.25) is 5.91 Å². The van der Waals surface area contributed by atoms with Crippen LogP contribution in [0.4, 0.5) is 5.69 Å². The number of carbonyl (C=O) groups excluding carboxylic acids is 1. The maximum absolute atomic E-state index is 13.1. The summed E-state index contributed by atoms with van der Waals surface area (Å²) in [6.07, 6.45) is 2.17. The number of anilines is 1. The summed E-state index contributed by atoms with van der Waals surface area (Å²) in [4.78, 5) is 20.2. The molecular formula is C25H31N3OS. The Kier molecular flexibility index (Phi) is 6.21. The molecule has 1 aliphatic heterocycles. The minimum atomic E-state index is 0.0676. The second kappa shape index (κ2) is 8.86. The Labute approximate surface area is 183 Å². The molecule has 2 heterocycles. The lowest BCUT2D eigenvalue weighted by molar-refractivity contribution is -0.117. The summed E-state index contributed by atoms with van der Waals surface area (Å²) in [6.45, 7) is 10.1. The van der Waals surface area contributed by atoms with Crippen molar-refractivity contribution < 1.29 is 4.79 Å². The number of hydrogen-bond acceptors (Lipinski definition) is 4. The van der Waals surface area contributed by atoms with E-state index in [1.807, 2.05) is 6.07 Å². The van der Waals surface area contributed by atoms with Gasteiger partial charge in [0.1, 0.15) is 5.01 Å². The van der Waals surface area contributed by atoms with Crippen LogP contribution < -0.4 is 5.32 Å². The Morgan fingerprint density at radius 2 is 1.80 bits per heavy atom. The molecule has 0 saturated carbocycles. The summed E-state index contributed by atoms with van der Waals surface area (Å²) in [5, 5.41) is 4.40. The fourth-order valence-electron chi connectivity index (χ4n) is 4.39. The zero-order valence-corrected chi connectivity index (χ0v) is 19.1. The average molecular weight is 422 g/mol. The number of aromatic nitrogens is 1. The maximum atomic E-state index is 13.1. The van der Waals surface area contributed by atoms with Gasteiger partial charge < -0.3 is 5.32 Å². The SMILES string of the molecule is CC(C)c1cccc(C(C)C)c1NC(=O)CN1CCC[C@@H]1c1nc2ccccc2s1. The predicted molar refractivity (Wildman–Crippen MR) is 126 cm³/mol. The third-order valence-corrected chi connectivity index (χ3v) is 7.08. The Balaban J connectivity index is 1.53. The molecule has 0 aliphatic carbocycles. The number of para-hydroxylation sites is 2. The zero-order chi connectivity index (χ0) is 21.3. The molecular weight excluding hydrogens is 390 g/mol. The summed E-state index contributed by atoms with van der Waals surface area (Å²) in [6, 6.07) is 14.9. The number of rotatable bonds is 6. The van der Waals surface area contributed by atoms with Crippen LogP contribution in [0.1, 0.15) is 74.5 Å². The highest BCUT2D eigenvalue weighted by atomic mass is 32.1. The molecule has 1 amide bonds. The molecule has 4 nitrogen and oxygen atoms in total. The molecule has 1 atom stereocenters. The van der Waals surface area contributed by atoms with E-state index in [9.17, 15) is 4.79 Å². The molecule has 0 spiro atoms. The summed E-state index contributed by atoms with van der Waals surface area (Å²) >= 11 is 1.76. The molecule has 1 saturated heterocycles. The van der Waals surface area contributed by atoms with Crippen LogP contribution in [0.3, 0.4) is 0 Å². The first-order valence-electron chi connectivity index (χ1n) is 11.0. The molecule has 1 aromatic heterocycles. The quantitative estimate of drug-likeness (QED) is 0.507. The van der Waals surface area contributed by atoms with Crippen molar-refractivity contribution >= 4 is 33.1 Å². The highest BCUT2D eigenvalue weighted by molar-refractivity contribution is 7.18. The molecule has 0 radical (unpaired) electrons. The van der Waals surface area contributed by atoms with Crippen molar-refractivity contribution in [1.82, 2.24) is 9.88 Å². The van der Waals surface area contributed by atoms with E-state index in [-0.39, 0.29) is 11.9 Å². The van der Waals surface area contributed by atoms with Crippen LogP contribution in [0, 0.1) is 0 Å². The van der Waals surface area contributed by atoms with Gasteiger partial charge in [-0.1, -0.05) is 58.0 Å². The molecule has 1 fully saturated rings. The maximum Gasteiger partial charge on any atom is 0.238 e. The smallest absolute Gasteiger partial charge is 0.238 e. The molecule has 158 valence electrons. The van der Waals surface area contributed by atoms with Crippen LogP contribution in [0.2, 0.25) is 0 Å². The van der Waals surface area contributed by atoms with Crippen LogP contribution >= 0.6 is 11.3 Å². The predicted octanol–water partition coefficient (Wildman–Crippen LogP) is 6.32. The van der Waals surface area contributed by atoms with Crippen LogP contribution in [0.25, 0.3) is 10.2 Å². The first-order valence-corrected chi connectivity index (χ1v) is 11.8. The topological polar surface area (TPSA) is 45.2 Å². The van der Waals surface area contributed by atoms with Crippen molar-refractivity contribution in [1.29, 1.82) is 0 Å². The molecule has 1 N–H and O–H groups in total. The van der Waals surface area contributed by atoms with Gasteiger partial charge in [0.25, 0.3) is 0 Å². The average Bonchev–Trinajstić information content (AvgIpc) is 3.33. The molecule has 5 heteroatoms. The molecule has 1 aliphatic rings. The van der Waals surface area contributed by atoms with Gasteiger partial charge >= 0.3 is 0 Å². The number of nitrogens with one attached hydrogen (secondary N) is 1. The Morgan fingerprint density at radius 3 is 2.47 bits per heavy atom. The molecule has 0 unspecified atom stereocenters. The zero-order valence-electron chi connectivity index (χ0n) is 18.3. The van der Waals surface area contributed by atoms with Crippen molar-refractivity contribution in [2.45, 2.75) is 58.4 Å². The van der Waals surface area contributed by atoms with Crippen LogP contribution in [0.15, 0.2) is 42.5 Å². The lowest BCUT2D eigenvalue weighted by Gasteiger charge is -2.24. The number of hydrogen-bond donors (Lipinski definition) is 1. The van der Waals surface area contributed by atoms with E-state index in [0.717, 1.165) is 35.6 Å². The standard InChI is InChI=1S/C25H31N3OS/c1-16(2)18-9-7-10-19(17(3)4)24(18)27-23(29)15-28-14-8-12-21(28)25-26-20-11-5-6-13-22(20)30-25/h5-7,9-11,13,16-17,21H,8,12,14-15H2,1-4H3,(H,27,29)/t21-/m1/s1. The minimum absolute atomic E-state index is 0.0676. The van der Waals surface area contributed by atoms with E-state index in [4.69, 9.17) is 4.98 Å². The van der Waals surface area contributed by atoms with Crippen LogP contribution in [0.5, 0.6) is 0 Å². The number of nitrogens with zero attached hydrogens (tertiary/aromatic N) is 2. The van der Waals surface area contributed by atoms with Crippen LogP contribution in [-0.4, -0.2) is 28.9 Å². The Morgan fingerprint density at radius 1 is 1.10 bits per heavy atom. The van der Waals surface area contributed by atoms with Gasteiger partial charge in [-0.25, -0.2) is 4.98 Å². The van der Waals surface area contributed by atoms with Gasteiger partial charge in [-0.2, -0.15) is 0 Å². The highest BCUT2D eigenvalue weighted by Gasteiger charge is 2.30. The van der Waals surface area contributed by atoms with Gasteiger partial charge in [0.15, 0.2) is 0 Å². The van der Waals surface area contributed by atoms with Crippen molar-refractivity contribution in [2.75, 3.05) is 18.4 Å².